The van der Waals surface area contributed by atoms with Gasteiger partial charge in [-0.3, -0.25) is 14.4 Å². The van der Waals surface area contributed by atoms with E-state index in [1.54, 1.807) is 0 Å². The van der Waals surface area contributed by atoms with Crippen molar-refractivity contribution in [3.8, 4) is 0 Å². The van der Waals surface area contributed by atoms with Gasteiger partial charge in [0, 0.05) is 19.3 Å². The van der Waals surface area contributed by atoms with Crippen LogP contribution >= 0.6 is 0 Å². The fraction of sp³-hybridized carbons (Fsp3) is 0.815. The lowest BCUT2D eigenvalue weighted by Gasteiger charge is -2.40. The number of allylic oxidation sites excluding steroid dienone is 8. The van der Waals surface area contributed by atoms with Gasteiger partial charge in [-0.05, 0) is 83.5 Å². The Bertz CT molecular complexity index is 1520. The molecule has 0 aromatic carbocycles. The van der Waals surface area contributed by atoms with E-state index in [9.17, 15) is 34.5 Å². The zero-order valence-electron chi connectivity index (χ0n) is 49.2. The van der Waals surface area contributed by atoms with Crippen LogP contribution in [-0.4, -0.2) is 89.2 Å². The van der Waals surface area contributed by atoms with Crippen LogP contribution in [0.5, 0.6) is 0 Å². The number of aliphatic hydroxyl groups excluding tert-OH is 2. The van der Waals surface area contributed by atoms with Crippen LogP contribution < -0.4 is 0 Å². The predicted octanol–water partition coefficient (Wildman–Crippen LogP) is 16.6. The Morgan fingerprint density at radius 2 is 0.779 bits per heavy atom. The Hall–Kier alpha value is -3.32. The first-order valence-electron chi connectivity index (χ1n) is 31.6. The summed E-state index contributed by atoms with van der Waals surface area (Å²) in [5.74, 6) is -3.12. The van der Waals surface area contributed by atoms with Crippen molar-refractivity contribution >= 4 is 23.9 Å². The molecular formula is C65H114O12. The SMILES string of the molecule is CCCCC/C=C\C/C=C\C/C=C\CCCCCCCCC(=O)OC1C(OCC(COC(=O)CCCCCCCCCCC/C=C\CCCCCCCC)OC(=O)CCCCCCCCCCC)OC(C(=O)O)C(O)C1O. The maximum Gasteiger partial charge on any atom is 0.335 e. The molecule has 0 saturated carbocycles. The molecule has 12 nitrogen and oxygen atoms in total. The van der Waals surface area contributed by atoms with Crippen molar-refractivity contribution in [2.75, 3.05) is 13.2 Å². The molecule has 0 radical (unpaired) electrons. The molecule has 12 heteroatoms. The van der Waals surface area contributed by atoms with E-state index in [0.29, 0.717) is 19.3 Å². The number of ether oxygens (including phenoxy) is 5. The van der Waals surface area contributed by atoms with Crippen molar-refractivity contribution in [3.63, 3.8) is 0 Å². The fourth-order valence-corrected chi connectivity index (χ4v) is 9.49. The number of esters is 3. The maximum atomic E-state index is 13.1. The molecule has 0 aromatic rings. The van der Waals surface area contributed by atoms with Gasteiger partial charge in [-0.25, -0.2) is 4.79 Å². The minimum atomic E-state index is -1.91. The predicted molar refractivity (Wildman–Crippen MR) is 312 cm³/mol. The highest BCUT2D eigenvalue weighted by atomic mass is 16.7. The van der Waals surface area contributed by atoms with Crippen molar-refractivity contribution in [1.82, 2.24) is 0 Å². The van der Waals surface area contributed by atoms with Crippen molar-refractivity contribution in [2.45, 2.75) is 327 Å². The summed E-state index contributed by atoms with van der Waals surface area (Å²) in [6.45, 7) is 5.96. The summed E-state index contributed by atoms with van der Waals surface area (Å²) in [7, 11) is 0. The molecule has 6 unspecified atom stereocenters. The molecule has 1 aliphatic heterocycles. The zero-order valence-corrected chi connectivity index (χ0v) is 49.2. The second-order valence-corrected chi connectivity index (χ2v) is 21.7. The Morgan fingerprint density at radius 1 is 0.429 bits per heavy atom. The number of aliphatic carboxylic acids is 1. The molecule has 6 atom stereocenters. The molecule has 1 heterocycles. The molecule has 77 heavy (non-hydrogen) atoms. The highest BCUT2D eigenvalue weighted by Crippen LogP contribution is 2.27. The van der Waals surface area contributed by atoms with Crippen LogP contribution in [0, 0.1) is 0 Å². The minimum Gasteiger partial charge on any atom is -0.479 e. The Morgan fingerprint density at radius 3 is 1.22 bits per heavy atom. The van der Waals surface area contributed by atoms with Gasteiger partial charge in [-0.15, -0.1) is 0 Å². The smallest absolute Gasteiger partial charge is 0.335 e. The third-order valence-corrected chi connectivity index (χ3v) is 14.4. The standard InChI is InChI=1S/C65H114O12/c1-4-7-10-13-16-19-21-23-25-27-29-31-33-35-37-40-42-45-48-51-57(66)73-54-56(75-58(67)52-49-46-43-39-18-15-12-9-6-3)55-74-65-63(61(70)60(69)62(77-65)64(71)72)76-59(68)53-50-47-44-41-38-36-34-32-30-28-26-24-22-20-17-14-11-8-5-2/h17,20,23-26,30,32,56,60-63,65,69-70H,4-16,18-19,21-22,27-29,31,33-55H2,1-3H3,(H,71,72)/b20-17-,25-23-,26-24-,32-30-. The molecule has 1 fully saturated rings. The van der Waals surface area contributed by atoms with Crippen LogP contribution in [0.1, 0.15) is 290 Å². The van der Waals surface area contributed by atoms with Crippen LogP contribution in [0.3, 0.4) is 0 Å². The molecule has 1 rings (SSSR count). The highest BCUT2D eigenvalue weighted by Gasteiger charge is 2.50. The molecule has 1 saturated heterocycles. The van der Waals surface area contributed by atoms with Crippen molar-refractivity contribution in [3.05, 3.63) is 48.6 Å². The number of carbonyl (C=O) groups excluding carboxylic acids is 3. The van der Waals surface area contributed by atoms with Gasteiger partial charge in [0.15, 0.2) is 24.6 Å². The summed E-state index contributed by atoms with van der Waals surface area (Å²) in [5.41, 5.74) is 0. The fourth-order valence-electron chi connectivity index (χ4n) is 9.49. The van der Waals surface area contributed by atoms with Gasteiger partial charge in [0.25, 0.3) is 0 Å². The summed E-state index contributed by atoms with van der Waals surface area (Å²) in [5, 5.41) is 31.5. The van der Waals surface area contributed by atoms with Crippen LogP contribution in [0.15, 0.2) is 48.6 Å². The van der Waals surface area contributed by atoms with Gasteiger partial charge in [-0.2, -0.15) is 0 Å². The molecule has 0 spiro atoms. The molecule has 0 aromatic heterocycles. The molecular weight excluding hydrogens is 973 g/mol. The lowest BCUT2D eigenvalue weighted by molar-refractivity contribution is -0.301. The van der Waals surface area contributed by atoms with Gasteiger partial charge in [0.1, 0.15) is 18.8 Å². The first-order valence-corrected chi connectivity index (χ1v) is 31.6. The van der Waals surface area contributed by atoms with Gasteiger partial charge < -0.3 is 39.0 Å². The molecule has 0 aliphatic carbocycles. The van der Waals surface area contributed by atoms with Crippen LogP contribution in [0.2, 0.25) is 0 Å². The topological polar surface area (TPSA) is 175 Å². The van der Waals surface area contributed by atoms with Gasteiger partial charge >= 0.3 is 23.9 Å². The lowest BCUT2D eigenvalue weighted by Crippen LogP contribution is -2.61. The van der Waals surface area contributed by atoms with E-state index in [1.807, 2.05) is 0 Å². The third-order valence-electron chi connectivity index (χ3n) is 14.4. The number of hydrogen-bond acceptors (Lipinski definition) is 11. The summed E-state index contributed by atoms with van der Waals surface area (Å²) in [6.07, 6.45) is 52.3. The first kappa shape index (κ1) is 71.7. The second kappa shape index (κ2) is 53.3. The summed E-state index contributed by atoms with van der Waals surface area (Å²) < 4.78 is 28.4. The molecule has 446 valence electrons. The number of carboxylic acids is 1. The molecule has 0 bridgehead atoms. The summed E-state index contributed by atoms with van der Waals surface area (Å²) in [4.78, 5) is 51.1. The zero-order chi connectivity index (χ0) is 56.1. The second-order valence-electron chi connectivity index (χ2n) is 21.7. The van der Waals surface area contributed by atoms with Crippen molar-refractivity contribution < 1.29 is 58.2 Å². The monoisotopic (exact) mass is 1090 g/mol. The molecule has 1 aliphatic rings. The first-order chi connectivity index (χ1) is 37.6. The number of rotatable bonds is 54. The van der Waals surface area contributed by atoms with E-state index in [4.69, 9.17) is 23.7 Å². The molecule has 0 amide bonds. The normalized spacial score (nSPS) is 18.3. The Kier molecular flexibility index (Phi) is 49.7. The number of hydrogen-bond donors (Lipinski definition) is 3. The average molecular weight is 1090 g/mol. The summed E-state index contributed by atoms with van der Waals surface area (Å²) in [6, 6.07) is 0. The maximum absolute atomic E-state index is 13.1. The van der Waals surface area contributed by atoms with E-state index < -0.39 is 67.3 Å². The third kappa shape index (κ3) is 43.2. The van der Waals surface area contributed by atoms with E-state index in [1.165, 1.54) is 141 Å². The van der Waals surface area contributed by atoms with E-state index in [-0.39, 0.29) is 25.9 Å². The Labute approximate surface area is 469 Å². The lowest BCUT2D eigenvalue weighted by atomic mass is 9.98. The minimum absolute atomic E-state index is 0.0476. The number of unbranched alkanes of at least 4 members (excludes halogenated alkanes) is 32. The van der Waals surface area contributed by atoms with Crippen molar-refractivity contribution in [2.24, 2.45) is 0 Å². The quantitative estimate of drug-likeness (QED) is 0.0228. The van der Waals surface area contributed by atoms with E-state index >= 15 is 0 Å². The van der Waals surface area contributed by atoms with Gasteiger partial charge in [-0.1, -0.05) is 236 Å². The van der Waals surface area contributed by atoms with E-state index in [0.717, 1.165) is 89.9 Å². The van der Waals surface area contributed by atoms with Gasteiger partial charge in [0.2, 0.25) is 0 Å². The van der Waals surface area contributed by atoms with Crippen molar-refractivity contribution in [1.29, 1.82) is 0 Å². The summed E-state index contributed by atoms with van der Waals surface area (Å²) >= 11 is 0. The van der Waals surface area contributed by atoms with Crippen LogP contribution in [0.4, 0.5) is 0 Å². The van der Waals surface area contributed by atoms with E-state index in [2.05, 4.69) is 69.4 Å². The van der Waals surface area contributed by atoms with Crippen LogP contribution in [0.25, 0.3) is 0 Å². The molecule has 3 N–H and O–H groups in total. The average Bonchev–Trinajstić information content (AvgIpc) is 3.42. The Balaban J connectivity index is 2.60. The number of carbonyl (C=O) groups is 4. The van der Waals surface area contributed by atoms with Crippen LogP contribution in [-0.2, 0) is 42.9 Å². The highest BCUT2D eigenvalue weighted by molar-refractivity contribution is 5.74. The number of aliphatic hydroxyl groups is 2. The largest absolute Gasteiger partial charge is 0.479 e. The van der Waals surface area contributed by atoms with Gasteiger partial charge in [0.05, 0.1) is 6.61 Å². The number of carboxylic acid groups (broad SMARTS) is 1.